The lowest BCUT2D eigenvalue weighted by molar-refractivity contribution is -0.119. The minimum atomic E-state index is -0.636. The van der Waals surface area contributed by atoms with Gasteiger partial charge in [-0.2, -0.15) is 0 Å². The van der Waals surface area contributed by atoms with Gasteiger partial charge in [-0.1, -0.05) is 0 Å². The summed E-state index contributed by atoms with van der Waals surface area (Å²) in [6.45, 7) is 3.69. The molecule has 3 heterocycles. The fourth-order valence-corrected chi connectivity index (χ4v) is 3.39. The average molecular weight is 334 g/mol. The Morgan fingerprint density at radius 2 is 2.00 bits per heavy atom. The molecule has 1 aromatic heterocycles. The third-order valence-electron chi connectivity index (χ3n) is 4.86. The number of aromatic nitrogens is 1. The molecule has 0 spiro atoms. The molecule has 7 nitrogen and oxygen atoms in total. The van der Waals surface area contributed by atoms with Crippen molar-refractivity contribution in [2.75, 3.05) is 20.3 Å². The summed E-state index contributed by atoms with van der Waals surface area (Å²) in [5, 5.41) is 2.84. The molecule has 1 amide bonds. The SMILES string of the molecule is COC(=O)c1cc(C(=O)C(=O)NC2(C)CCOCC2)n2c1CCC2. The third-order valence-corrected chi connectivity index (χ3v) is 4.86. The topological polar surface area (TPSA) is 86.6 Å². The van der Waals surface area contributed by atoms with Gasteiger partial charge in [0, 0.05) is 31.0 Å². The summed E-state index contributed by atoms with van der Waals surface area (Å²) in [6.07, 6.45) is 2.89. The van der Waals surface area contributed by atoms with Crippen LogP contribution in [-0.2, 0) is 27.2 Å². The van der Waals surface area contributed by atoms with Gasteiger partial charge in [0.1, 0.15) is 0 Å². The van der Waals surface area contributed by atoms with E-state index in [0.717, 1.165) is 12.1 Å². The standard InChI is InChI=1S/C17H22N2O5/c1-17(5-8-24-9-6-17)18-15(21)14(20)13-10-11(16(22)23-2)12-4-3-7-19(12)13/h10H,3-9H2,1-2H3,(H,18,21). The van der Waals surface area contributed by atoms with E-state index in [1.54, 1.807) is 4.57 Å². The van der Waals surface area contributed by atoms with Crippen LogP contribution >= 0.6 is 0 Å². The van der Waals surface area contributed by atoms with Gasteiger partial charge in [-0.15, -0.1) is 0 Å². The van der Waals surface area contributed by atoms with Crippen LogP contribution in [0.4, 0.5) is 0 Å². The maximum absolute atomic E-state index is 12.6. The van der Waals surface area contributed by atoms with Gasteiger partial charge < -0.3 is 19.4 Å². The van der Waals surface area contributed by atoms with Crippen LogP contribution in [0.25, 0.3) is 0 Å². The number of ether oxygens (including phenoxy) is 2. The Kier molecular flexibility index (Phi) is 4.45. The van der Waals surface area contributed by atoms with Gasteiger partial charge in [0.2, 0.25) is 0 Å². The maximum atomic E-state index is 12.6. The molecule has 0 unspecified atom stereocenters. The van der Waals surface area contributed by atoms with Crippen molar-refractivity contribution in [1.29, 1.82) is 0 Å². The number of nitrogens with zero attached hydrogens (tertiary/aromatic N) is 1. The normalized spacial score (nSPS) is 18.8. The first-order valence-corrected chi connectivity index (χ1v) is 8.20. The highest BCUT2D eigenvalue weighted by molar-refractivity contribution is 6.42. The Morgan fingerprint density at radius 3 is 2.67 bits per heavy atom. The second kappa shape index (κ2) is 6.39. The van der Waals surface area contributed by atoms with Crippen LogP contribution in [0.3, 0.4) is 0 Å². The highest BCUT2D eigenvalue weighted by Crippen LogP contribution is 2.26. The summed E-state index contributed by atoms with van der Waals surface area (Å²) < 4.78 is 11.8. The molecule has 130 valence electrons. The van der Waals surface area contributed by atoms with Gasteiger partial charge in [0.15, 0.2) is 0 Å². The molecule has 0 aliphatic carbocycles. The molecule has 0 bridgehead atoms. The van der Waals surface area contributed by atoms with Gasteiger partial charge >= 0.3 is 5.97 Å². The Labute approximate surface area is 140 Å². The lowest BCUT2D eigenvalue weighted by Gasteiger charge is -2.34. The van der Waals surface area contributed by atoms with Crippen LogP contribution in [0.1, 0.15) is 52.7 Å². The summed E-state index contributed by atoms with van der Waals surface area (Å²) in [5.74, 6) is -1.72. The van der Waals surface area contributed by atoms with Crippen molar-refractivity contribution in [3.63, 3.8) is 0 Å². The first-order chi connectivity index (χ1) is 11.4. The second-order valence-electron chi connectivity index (χ2n) is 6.59. The first kappa shape index (κ1) is 16.7. The van der Waals surface area contributed by atoms with E-state index >= 15 is 0 Å². The van der Waals surface area contributed by atoms with E-state index < -0.39 is 23.2 Å². The number of amides is 1. The van der Waals surface area contributed by atoms with E-state index in [4.69, 9.17) is 9.47 Å². The van der Waals surface area contributed by atoms with Crippen molar-refractivity contribution in [1.82, 2.24) is 9.88 Å². The predicted octanol–water partition coefficient (Wildman–Crippen LogP) is 1.09. The highest BCUT2D eigenvalue weighted by Gasteiger charge is 2.34. The molecule has 0 aromatic carbocycles. The van der Waals surface area contributed by atoms with E-state index in [1.165, 1.54) is 13.2 Å². The van der Waals surface area contributed by atoms with Crippen LogP contribution in [0.5, 0.6) is 0 Å². The number of hydrogen-bond donors (Lipinski definition) is 1. The number of fused-ring (bicyclic) bond motifs is 1. The van der Waals surface area contributed by atoms with Gasteiger partial charge in [0.25, 0.3) is 11.7 Å². The molecular formula is C17H22N2O5. The first-order valence-electron chi connectivity index (χ1n) is 8.20. The van der Waals surface area contributed by atoms with Crippen LogP contribution in [0.15, 0.2) is 6.07 Å². The quantitative estimate of drug-likeness (QED) is 0.506. The Bertz CT molecular complexity index is 685. The average Bonchev–Trinajstić information content (AvgIpc) is 3.16. The van der Waals surface area contributed by atoms with Crippen LogP contribution in [0.2, 0.25) is 0 Å². The van der Waals surface area contributed by atoms with Gasteiger partial charge in [0.05, 0.1) is 18.4 Å². The van der Waals surface area contributed by atoms with E-state index in [9.17, 15) is 14.4 Å². The molecule has 2 aliphatic heterocycles. The Hall–Kier alpha value is -2.15. The van der Waals surface area contributed by atoms with Gasteiger partial charge in [-0.25, -0.2) is 4.79 Å². The van der Waals surface area contributed by atoms with Crippen molar-refractivity contribution in [2.24, 2.45) is 0 Å². The van der Waals surface area contributed by atoms with E-state index in [-0.39, 0.29) is 5.69 Å². The van der Waals surface area contributed by atoms with Crippen LogP contribution < -0.4 is 5.32 Å². The lowest BCUT2D eigenvalue weighted by Crippen LogP contribution is -2.51. The molecule has 1 fully saturated rings. The number of carbonyl (C=O) groups is 3. The summed E-state index contributed by atoms with van der Waals surface area (Å²) in [7, 11) is 1.31. The monoisotopic (exact) mass is 334 g/mol. The van der Waals surface area contributed by atoms with Crippen molar-refractivity contribution >= 4 is 17.7 Å². The van der Waals surface area contributed by atoms with Gasteiger partial charge in [-0.05, 0) is 38.7 Å². The number of rotatable bonds is 4. The number of methoxy groups -OCH3 is 1. The minimum absolute atomic E-state index is 0.260. The summed E-state index contributed by atoms with van der Waals surface area (Å²) in [4.78, 5) is 36.9. The Morgan fingerprint density at radius 1 is 1.29 bits per heavy atom. The minimum Gasteiger partial charge on any atom is -0.465 e. The van der Waals surface area contributed by atoms with Crippen molar-refractivity contribution in [2.45, 2.75) is 44.7 Å². The van der Waals surface area contributed by atoms with E-state index in [0.29, 0.717) is 44.6 Å². The molecule has 1 N–H and O–H groups in total. The molecule has 7 heteroatoms. The number of ketones is 1. The molecular weight excluding hydrogens is 312 g/mol. The molecule has 1 aromatic rings. The molecule has 0 radical (unpaired) electrons. The summed E-state index contributed by atoms with van der Waals surface area (Å²) in [6, 6.07) is 1.48. The van der Waals surface area contributed by atoms with Crippen LogP contribution in [-0.4, -0.2) is 48.1 Å². The molecule has 3 rings (SSSR count). The Balaban J connectivity index is 1.82. The maximum Gasteiger partial charge on any atom is 0.339 e. The summed E-state index contributed by atoms with van der Waals surface area (Å²) >= 11 is 0. The summed E-state index contributed by atoms with van der Waals surface area (Å²) in [5.41, 5.74) is 0.978. The number of Topliss-reactive ketones (excluding diaryl/α,β-unsaturated/α-hetero) is 1. The number of nitrogens with one attached hydrogen (secondary N) is 1. The molecule has 24 heavy (non-hydrogen) atoms. The zero-order chi connectivity index (χ0) is 17.3. The number of carbonyl (C=O) groups excluding carboxylic acids is 3. The van der Waals surface area contributed by atoms with Crippen molar-refractivity contribution in [3.05, 3.63) is 23.0 Å². The van der Waals surface area contributed by atoms with Crippen molar-refractivity contribution < 1.29 is 23.9 Å². The molecule has 0 saturated carbocycles. The third kappa shape index (κ3) is 2.96. The van der Waals surface area contributed by atoms with Crippen LogP contribution in [0, 0.1) is 0 Å². The predicted molar refractivity (Wildman–Crippen MR) is 85.0 cm³/mol. The fourth-order valence-electron chi connectivity index (χ4n) is 3.39. The lowest BCUT2D eigenvalue weighted by atomic mass is 9.92. The zero-order valence-electron chi connectivity index (χ0n) is 14.0. The molecule has 0 atom stereocenters. The highest BCUT2D eigenvalue weighted by atomic mass is 16.5. The zero-order valence-corrected chi connectivity index (χ0v) is 14.0. The molecule has 2 aliphatic rings. The van der Waals surface area contributed by atoms with Gasteiger partial charge in [-0.3, -0.25) is 9.59 Å². The van der Waals surface area contributed by atoms with E-state index in [2.05, 4.69) is 5.32 Å². The largest absolute Gasteiger partial charge is 0.465 e. The second-order valence-corrected chi connectivity index (χ2v) is 6.59. The number of hydrogen-bond acceptors (Lipinski definition) is 5. The van der Waals surface area contributed by atoms with E-state index in [1.807, 2.05) is 6.92 Å². The smallest absolute Gasteiger partial charge is 0.339 e. The number of esters is 1. The van der Waals surface area contributed by atoms with Crippen molar-refractivity contribution in [3.8, 4) is 0 Å². The fraction of sp³-hybridized carbons (Fsp3) is 0.588. The molecule has 1 saturated heterocycles.